The number of pyridine rings is 1. The number of thiazole rings is 1. The fraction of sp³-hybridized carbons (Fsp3) is 0.105. The van der Waals surface area contributed by atoms with Gasteiger partial charge in [-0.05, 0) is 25.1 Å². The van der Waals surface area contributed by atoms with E-state index in [1.165, 1.54) is 12.3 Å². The minimum atomic E-state index is -0.990. The SMILES string of the molecule is COc1cc2sc(C)nc2c2[c-]cccc12.O=C(O)c1ccccn1.[Ir]. The van der Waals surface area contributed by atoms with Crippen LogP contribution in [0.15, 0.2) is 48.7 Å². The number of methoxy groups -OCH3 is 1. The second-order valence-corrected chi connectivity index (χ2v) is 6.37. The molecule has 2 aromatic heterocycles. The first-order valence-corrected chi connectivity index (χ1v) is 8.30. The molecule has 0 spiro atoms. The molecule has 5 nitrogen and oxygen atoms in total. The van der Waals surface area contributed by atoms with Crippen LogP contribution in [0.25, 0.3) is 21.0 Å². The van der Waals surface area contributed by atoms with Crippen molar-refractivity contribution in [3.63, 3.8) is 0 Å². The van der Waals surface area contributed by atoms with E-state index in [-0.39, 0.29) is 25.8 Å². The Kier molecular flexibility index (Phi) is 6.80. The van der Waals surface area contributed by atoms with Crippen LogP contribution in [-0.4, -0.2) is 28.2 Å². The Morgan fingerprint density at radius 2 is 2.08 bits per heavy atom. The molecular weight excluding hydrogens is 529 g/mol. The third kappa shape index (κ3) is 4.25. The van der Waals surface area contributed by atoms with Crippen LogP contribution in [0.3, 0.4) is 0 Å². The van der Waals surface area contributed by atoms with Gasteiger partial charge in [0.05, 0.1) is 17.9 Å². The summed E-state index contributed by atoms with van der Waals surface area (Å²) in [6.07, 6.45) is 1.45. The first-order valence-electron chi connectivity index (χ1n) is 7.49. The van der Waals surface area contributed by atoms with Crippen LogP contribution >= 0.6 is 11.3 Å². The van der Waals surface area contributed by atoms with E-state index in [2.05, 4.69) is 22.1 Å². The standard InChI is InChI=1S/C13H10NOS.C6H5NO2.Ir/c1-8-14-13-10-6-4-3-5-9(10)11(15-2)7-12(13)16-8;8-6(9)5-3-1-2-4-7-5;/h3-5,7H,1-2H3;1-4H,(H,8,9);/q-1;;. The maximum atomic E-state index is 10.1. The van der Waals surface area contributed by atoms with E-state index in [9.17, 15) is 4.79 Å². The second kappa shape index (κ2) is 8.85. The van der Waals surface area contributed by atoms with E-state index < -0.39 is 5.97 Å². The number of hydrogen-bond acceptors (Lipinski definition) is 5. The van der Waals surface area contributed by atoms with Crippen LogP contribution in [0.4, 0.5) is 0 Å². The Morgan fingerprint density at radius 3 is 2.69 bits per heavy atom. The predicted octanol–water partition coefficient (Wildman–Crippen LogP) is 4.34. The third-order valence-corrected chi connectivity index (χ3v) is 4.40. The molecule has 0 aliphatic carbocycles. The molecule has 7 heteroatoms. The van der Waals surface area contributed by atoms with Crippen molar-refractivity contribution in [1.82, 2.24) is 9.97 Å². The molecule has 2 heterocycles. The molecule has 0 aliphatic rings. The van der Waals surface area contributed by atoms with Crippen molar-refractivity contribution in [3.8, 4) is 5.75 Å². The zero-order valence-electron chi connectivity index (χ0n) is 14.0. The molecule has 4 aromatic rings. The first-order chi connectivity index (χ1) is 12.1. The van der Waals surface area contributed by atoms with Gasteiger partial charge in [-0.1, -0.05) is 11.5 Å². The van der Waals surface area contributed by atoms with Crippen molar-refractivity contribution in [1.29, 1.82) is 0 Å². The van der Waals surface area contributed by atoms with Gasteiger partial charge >= 0.3 is 5.97 Å². The Labute approximate surface area is 168 Å². The van der Waals surface area contributed by atoms with Gasteiger partial charge in [-0.15, -0.1) is 41.0 Å². The summed E-state index contributed by atoms with van der Waals surface area (Å²) in [5, 5.41) is 11.5. The smallest absolute Gasteiger partial charge is 0.354 e. The fourth-order valence-corrected chi connectivity index (χ4v) is 3.28. The summed E-state index contributed by atoms with van der Waals surface area (Å²) in [6.45, 7) is 2.02. The third-order valence-electron chi connectivity index (χ3n) is 3.48. The van der Waals surface area contributed by atoms with Gasteiger partial charge in [0.25, 0.3) is 0 Å². The summed E-state index contributed by atoms with van der Waals surface area (Å²) in [7, 11) is 1.70. The van der Waals surface area contributed by atoms with E-state index >= 15 is 0 Å². The quantitative estimate of drug-likeness (QED) is 0.381. The van der Waals surface area contributed by atoms with Crippen LogP contribution < -0.4 is 4.74 Å². The van der Waals surface area contributed by atoms with Gasteiger partial charge < -0.3 is 9.84 Å². The zero-order chi connectivity index (χ0) is 17.8. The van der Waals surface area contributed by atoms with Crippen molar-refractivity contribution in [3.05, 3.63) is 65.4 Å². The molecule has 0 unspecified atom stereocenters. The minimum Gasteiger partial charge on any atom is -0.506 e. The molecule has 0 amide bonds. The van der Waals surface area contributed by atoms with Gasteiger partial charge in [-0.2, -0.15) is 0 Å². The number of hydrogen-bond donors (Lipinski definition) is 1. The Hall–Kier alpha value is -2.34. The van der Waals surface area contributed by atoms with Gasteiger partial charge in [0.15, 0.2) is 0 Å². The number of benzene rings is 2. The number of aromatic nitrogens is 2. The summed E-state index contributed by atoms with van der Waals surface area (Å²) < 4.78 is 6.56. The molecule has 0 atom stereocenters. The summed E-state index contributed by atoms with van der Waals surface area (Å²) in [5.41, 5.74) is 1.11. The number of aryl methyl sites for hydroxylation is 1. The normalized spacial score (nSPS) is 9.92. The summed E-state index contributed by atoms with van der Waals surface area (Å²) in [6, 6.07) is 16.0. The molecule has 4 rings (SSSR count). The Balaban J connectivity index is 0.000000210. The number of carboxylic acid groups (broad SMARTS) is 1. The van der Waals surface area contributed by atoms with Gasteiger partial charge in [-0.3, -0.25) is 4.98 Å². The van der Waals surface area contributed by atoms with Crippen molar-refractivity contribution in [2.75, 3.05) is 7.11 Å². The van der Waals surface area contributed by atoms with Gasteiger partial charge in [-0.25, -0.2) is 9.78 Å². The molecule has 0 aliphatic heterocycles. The van der Waals surface area contributed by atoms with E-state index in [4.69, 9.17) is 9.84 Å². The van der Waals surface area contributed by atoms with Crippen LogP contribution in [0, 0.1) is 13.0 Å². The van der Waals surface area contributed by atoms with E-state index in [0.717, 1.165) is 31.7 Å². The molecule has 26 heavy (non-hydrogen) atoms. The Bertz CT molecular complexity index is 1040. The van der Waals surface area contributed by atoms with E-state index in [0.29, 0.717) is 0 Å². The molecule has 0 saturated carbocycles. The fourth-order valence-electron chi connectivity index (χ4n) is 2.41. The molecule has 2 aromatic carbocycles. The second-order valence-electron chi connectivity index (χ2n) is 5.14. The van der Waals surface area contributed by atoms with Crippen LogP contribution in [0.5, 0.6) is 5.75 Å². The van der Waals surface area contributed by atoms with Crippen LogP contribution in [-0.2, 0) is 20.1 Å². The number of ether oxygens (including phenoxy) is 1. The number of carbonyl (C=O) groups is 1. The first kappa shape index (κ1) is 20.0. The molecular formula is C19H15IrN2O3S-. The number of nitrogens with zero attached hydrogens (tertiary/aromatic N) is 2. The maximum absolute atomic E-state index is 10.1. The molecule has 1 N–H and O–H groups in total. The van der Waals surface area contributed by atoms with Crippen molar-refractivity contribution >= 4 is 38.3 Å². The number of aromatic carboxylic acids is 1. The minimum absolute atomic E-state index is 0. The van der Waals surface area contributed by atoms with Crippen molar-refractivity contribution in [2.24, 2.45) is 0 Å². The average molecular weight is 544 g/mol. The van der Waals surface area contributed by atoms with Crippen LogP contribution in [0.2, 0.25) is 0 Å². The summed E-state index contributed by atoms with van der Waals surface area (Å²) >= 11 is 1.69. The van der Waals surface area contributed by atoms with Gasteiger partial charge in [0.2, 0.25) is 0 Å². The van der Waals surface area contributed by atoms with Crippen LogP contribution in [0.1, 0.15) is 15.5 Å². The number of rotatable bonds is 2. The van der Waals surface area contributed by atoms with Gasteiger partial charge in [0.1, 0.15) is 5.69 Å². The van der Waals surface area contributed by atoms with Crippen molar-refractivity contribution < 1.29 is 34.7 Å². The monoisotopic (exact) mass is 544 g/mol. The summed E-state index contributed by atoms with van der Waals surface area (Å²) in [4.78, 5) is 18.3. The average Bonchev–Trinajstić information content (AvgIpc) is 3.02. The summed E-state index contributed by atoms with van der Waals surface area (Å²) in [5.74, 6) is -0.0985. The van der Waals surface area contributed by atoms with E-state index in [1.54, 1.807) is 30.6 Å². The Morgan fingerprint density at radius 1 is 1.27 bits per heavy atom. The maximum Gasteiger partial charge on any atom is 0.354 e. The van der Waals surface area contributed by atoms with E-state index in [1.807, 2.05) is 25.1 Å². The zero-order valence-corrected chi connectivity index (χ0v) is 17.2. The molecule has 135 valence electrons. The molecule has 0 bridgehead atoms. The predicted molar refractivity (Wildman–Crippen MR) is 98.4 cm³/mol. The molecule has 0 saturated heterocycles. The molecule has 0 fully saturated rings. The van der Waals surface area contributed by atoms with Gasteiger partial charge in [0, 0.05) is 36.5 Å². The van der Waals surface area contributed by atoms with Crippen molar-refractivity contribution in [2.45, 2.75) is 6.92 Å². The largest absolute Gasteiger partial charge is 0.506 e. The topological polar surface area (TPSA) is 72.3 Å². The number of carboxylic acids is 1. The number of fused-ring (bicyclic) bond motifs is 3. The molecule has 1 radical (unpaired) electrons.